The highest BCUT2D eigenvalue weighted by Gasteiger charge is 2.27. The average molecular weight is 270 g/mol. The number of aliphatic hydroxyl groups excluding tert-OH is 1. The van der Waals surface area contributed by atoms with Crippen LogP contribution in [-0.4, -0.2) is 29.7 Å². The number of aliphatic hydroxyl groups is 1. The number of hydrogen-bond donors (Lipinski definition) is 3. The molecular weight excluding hydrogens is 240 g/mol. The summed E-state index contributed by atoms with van der Waals surface area (Å²) in [4.78, 5) is 12.1. The number of hydrogen-bond acceptors (Lipinski definition) is 3. The summed E-state index contributed by atoms with van der Waals surface area (Å²) < 4.78 is 0. The van der Waals surface area contributed by atoms with E-state index in [-0.39, 0.29) is 23.3 Å². The minimum absolute atomic E-state index is 0.0161. The highest BCUT2D eigenvalue weighted by Crippen LogP contribution is 2.23. The molecule has 1 fully saturated rings. The van der Waals surface area contributed by atoms with Gasteiger partial charge >= 0.3 is 0 Å². The molecule has 0 bridgehead atoms. The fourth-order valence-electron chi connectivity index (χ4n) is 2.79. The molecule has 1 saturated carbocycles. The van der Waals surface area contributed by atoms with E-state index >= 15 is 0 Å². The second-order valence-corrected chi connectivity index (χ2v) is 7.07. The van der Waals surface area contributed by atoms with E-state index in [9.17, 15) is 9.90 Å². The van der Waals surface area contributed by atoms with Crippen LogP contribution >= 0.6 is 0 Å². The number of nitrogens with two attached hydrogens (primary N) is 1. The van der Waals surface area contributed by atoms with E-state index in [1.165, 1.54) is 6.42 Å². The quantitative estimate of drug-likeness (QED) is 0.682. The van der Waals surface area contributed by atoms with Crippen molar-refractivity contribution in [1.29, 1.82) is 0 Å². The van der Waals surface area contributed by atoms with E-state index < -0.39 is 6.10 Å². The summed E-state index contributed by atoms with van der Waals surface area (Å²) in [6.07, 6.45) is 5.39. The number of carbonyl (C=O) groups is 1. The van der Waals surface area contributed by atoms with Gasteiger partial charge in [0.15, 0.2) is 0 Å². The van der Waals surface area contributed by atoms with Gasteiger partial charge in [0, 0.05) is 12.6 Å². The number of rotatable bonds is 4. The third-order valence-electron chi connectivity index (χ3n) is 3.77. The van der Waals surface area contributed by atoms with E-state index in [1.807, 2.05) is 0 Å². The van der Waals surface area contributed by atoms with Gasteiger partial charge in [0.2, 0.25) is 5.91 Å². The molecule has 0 radical (unpaired) electrons. The molecule has 1 aliphatic carbocycles. The zero-order valence-corrected chi connectivity index (χ0v) is 12.6. The lowest BCUT2D eigenvalue weighted by molar-refractivity contribution is -0.126. The summed E-state index contributed by atoms with van der Waals surface area (Å²) in [6, 6.07) is -0.0257. The van der Waals surface area contributed by atoms with E-state index in [4.69, 9.17) is 5.73 Å². The van der Waals surface area contributed by atoms with E-state index in [1.54, 1.807) is 0 Å². The molecule has 0 heterocycles. The van der Waals surface area contributed by atoms with Crippen LogP contribution in [0.4, 0.5) is 0 Å². The Morgan fingerprint density at radius 3 is 2.58 bits per heavy atom. The molecule has 0 aromatic carbocycles. The molecule has 112 valence electrons. The van der Waals surface area contributed by atoms with E-state index in [0.29, 0.717) is 13.0 Å². The lowest BCUT2D eigenvalue weighted by Crippen LogP contribution is -2.44. The Labute approximate surface area is 117 Å². The van der Waals surface area contributed by atoms with Gasteiger partial charge in [-0.3, -0.25) is 4.79 Å². The molecule has 0 saturated heterocycles. The largest absolute Gasteiger partial charge is 0.391 e. The standard InChI is InChI=1S/C15H30N2O2/c1-15(2,3)9-11(18)10-17-14(19)12-7-5-4-6-8-13(12)16/h11-13,18H,4-10,16H2,1-3H3,(H,17,19). The van der Waals surface area contributed by atoms with Crippen molar-refractivity contribution in [3.05, 3.63) is 0 Å². The zero-order valence-electron chi connectivity index (χ0n) is 12.6. The third-order valence-corrected chi connectivity index (χ3v) is 3.77. The minimum atomic E-state index is -0.481. The SMILES string of the molecule is CC(C)(C)CC(O)CNC(=O)C1CCCCCC1N. The minimum Gasteiger partial charge on any atom is -0.391 e. The van der Waals surface area contributed by atoms with Crippen LogP contribution in [0.25, 0.3) is 0 Å². The van der Waals surface area contributed by atoms with Crippen LogP contribution in [0.5, 0.6) is 0 Å². The Hall–Kier alpha value is -0.610. The molecular formula is C15H30N2O2. The van der Waals surface area contributed by atoms with Gasteiger partial charge in [0.05, 0.1) is 12.0 Å². The van der Waals surface area contributed by atoms with Crippen LogP contribution in [0.15, 0.2) is 0 Å². The summed E-state index contributed by atoms with van der Waals surface area (Å²) in [7, 11) is 0. The summed E-state index contributed by atoms with van der Waals surface area (Å²) in [5.41, 5.74) is 6.14. The molecule has 4 N–H and O–H groups in total. The Kier molecular flexibility index (Phi) is 6.27. The Morgan fingerprint density at radius 2 is 1.95 bits per heavy atom. The maximum Gasteiger partial charge on any atom is 0.224 e. The van der Waals surface area contributed by atoms with Crippen molar-refractivity contribution in [1.82, 2.24) is 5.32 Å². The Balaban J connectivity index is 2.37. The van der Waals surface area contributed by atoms with Crippen LogP contribution in [0.1, 0.15) is 59.3 Å². The van der Waals surface area contributed by atoms with Gasteiger partial charge in [-0.15, -0.1) is 0 Å². The highest BCUT2D eigenvalue weighted by atomic mass is 16.3. The van der Waals surface area contributed by atoms with Crippen molar-refractivity contribution in [3.63, 3.8) is 0 Å². The molecule has 3 atom stereocenters. The number of carbonyl (C=O) groups excluding carboxylic acids is 1. The van der Waals surface area contributed by atoms with Gasteiger partial charge in [-0.2, -0.15) is 0 Å². The van der Waals surface area contributed by atoms with Gasteiger partial charge in [-0.25, -0.2) is 0 Å². The first kappa shape index (κ1) is 16.4. The van der Waals surface area contributed by atoms with Crippen LogP contribution in [0.3, 0.4) is 0 Å². The van der Waals surface area contributed by atoms with Crippen LogP contribution in [-0.2, 0) is 4.79 Å². The van der Waals surface area contributed by atoms with Crippen molar-refractivity contribution in [2.75, 3.05) is 6.54 Å². The molecule has 3 unspecified atom stereocenters. The van der Waals surface area contributed by atoms with Crippen LogP contribution in [0.2, 0.25) is 0 Å². The molecule has 1 rings (SSSR count). The smallest absolute Gasteiger partial charge is 0.224 e. The third kappa shape index (κ3) is 6.39. The molecule has 19 heavy (non-hydrogen) atoms. The molecule has 0 aromatic heterocycles. The van der Waals surface area contributed by atoms with Crippen LogP contribution in [0, 0.1) is 11.3 Å². The molecule has 4 heteroatoms. The average Bonchev–Trinajstić information content (AvgIpc) is 2.48. The first-order valence-electron chi connectivity index (χ1n) is 7.51. The first-order chi connectivity index (χ1) is 8.79. The van der Waals surface area contributed by atoms with Crippen LogP contribution < -0.4 is 11.1 Å². The van der Waals surface area contributed by atoms with Gasteiger partial charge < -0.3 is 16.2 Å². The van der Waals surface area contributed by atoms with Crippen molar-refractivity contribution >= 4 is 5.91 Å². The molecule has 0 aliphatic heterocycles. The topological polar surface area (TPSA) is 75.3 Å². The maximum atomic E-state index is 12.1. The van der Waals surface area contributed by atoms with Gasteiger partial charge in [0.1, 0.15) is 0 Å². The Morgan fingerprint density at radius 1 is 1.32 bits per heavy atom. The van der Waals surface area contributed by atoms with Crippen molar-refractivity contribution in [3.8, 4) is 0 Å². The summed E-state index contributed by atoms with van der Waals surface area (Å²) in [5, 5.41) is 12.8. The molecule has 0 spiro atoms. The number of amides is 1. The summed E-state index contributed by atoms with van der Waals surface area (Å²) in [6.45, 7) is 6.58. The normalized spacial score (nSPS) is 26.6. The summed E-state index contributed by atoms with van der Waals surface area (Å²) in [5.74, 6) is -0.0632. The molecule has 0 aromatic rings. The first-order valence-corrected chi connectivity index (χ1v) is 7.51. The molecule has 4 nitrogen and oxygen atoms in total. The highest BCUT2D eigenvalue weighted by molar-refractivity contribution is 5.79. The maximum absolute atomic E-state index is 12.1. The zero-order chi connectivity index (χ0) is 14.5. The van der Waals surface area contributed by atoms with Gasteiger partial charge in [-0.1, -0.05) is 40.0 Å². The predicted octanol–water partition coefficient (Wildman–Crippen LogP) is 1.81. The fourth-order valence-corrected chi connectivity index (χ4v) is 2.79. The monoisotopic (exact) mass is 270 g/mol. The predicted molar refractivity (Wildman–Crippen MR) is 77.6 cm³/mol. The van der Waals surface area contributed by atoms with E-state index in [0.717, 1.165) is 25.7 Å². The van der Waals surface area contributed by atoms with E-state index in [2.05, 4.69) is 26.1 Å². The van der Waals surface area contributed by atoms with Crippen molar-refractivity contribution in [2.45, 2.75) is 71.4 Å². The lowest BCUT2D eigenvalue weighted by Gasteiger charge is -2.24. The van der Waals surface area contributed by atoms with Gasteiger partial charge in [-0.05, 0) is 24.7 Å². The lowest BCUT2D eigenvalue weighted by atomic mass is 9.89. The second kappa shape index (κ2) is 7.25. The van der Waals surface area contributed by atoms with Crippen molar-refractivity contribution < 1.29 is 9.90 Å². The van der Waals surface area contributed by atoms with Gasteiger partial charge in [0.25, 0.3) is 0 Å². The molecule has 1 amide bonds. The molecule has 1 aliphatic rings. The second-order valence-electron chi connectivity index (χ2n) is 7.07. The number of nitrogens with one attached hydrogen (secondary N) is 1. The fraction of sp³-hybridized carbons (Fsp3) is 0.933. The van der Waals surface area contributed by atoms with Crippen molar-refractivity contribution in [2.24, 2.45) is 17.1 Å². The Bertz CT molecular complexity index is 286. The summed E-state index contributed by atoms with van der Waals surface area (Å²) >= 11 is 0.